The summed E-state index contributed by atoms with van der Waals surface area (Å²) in [4.78, 5) is 36.1. The van der Waals surface area contributed by atoms with Gasteiger partial charge in [0.25, 0.3) is 17.5 Å². The van der Waals surface area contributed by atoms with Crippen molar-refractivity contribution in [2.45, 2.75) is 13.0 Å². The lowest BCUT2D eigenvalue weighted by molar-refractivity contribution is -0.384. The molecule has 0 aliphatic rings. The van der Waals surface area contributed by atoms with Crippen LogP contribution in [-0.2, 0) is 0 Å². The Morgan fingerprint density at radius 3 is 2.48 bits per heavy atom. The Balaban J connectivity index is 2.22. The summed E-state index contributed by atoms with van der Waals surface area (Å²) in [6, 6.07) is 8.84. The van der Waals surface area contributed by atoms with Crippen LogP contribution in [-0.4, -0.2) is 28.7 Å². The number of nitro benzene ring substituents is 1. The van der Waals surface area contributed by atoms with Gasteiger partial charge in [0.1, 0.15) is 0 Å². The van der Waals surface area contributed by atoms with Crippen molar-refractivity contribution < 1.29 is 14.5 Å². The molecule has 2 amide bonds. The quantitative estimate of drug-likeness (QED) is 0.670. The van der Waals surface area contributed by atoms with Crippen molar-refractivity contribution in [2.75, 3.05) is 7.05 Å². The standard InChI is InChI=1S/C15H15N3O4S/c1-9(10-4-3-5-11(8-10)18(21)22)17(2)15(20)13-7-6-12(23-13)14(16)19/h3-9H,1-2H3,(H2,16,19)/t9-/m0/s1. The molecule has 120 valence electrons. The SMILES string of the molecule is C[C@@H](c1cccc([N+](=O)[O-])c1)N(C)C(=O)c1ccc(C(N)=O)s1. The van der Waals surface area contributed by atoms with Gasteiger partial charge in [0, 0.05) is 19.2 Å². The van der Waals surface area contributed by atoms with Crippen LogP contribution >= 0.6 is 11.3 Å². The van der Waals surface area contributed by atoms with Crippen LogP contribution in [0, 0.1) is 10.1 Å². The Morgan fingerprint density at radius 1 is 1.26 bits per heavy atom. The number of carbonyl (C=O) groups is 2. The van der Waals surface area contributed by atoms with E-state index in [1.165, 1.54) is 23.1 Å². The molecule has 0 unspecified atom stereocenters. The minimum atomic E-state index is -0.580. The first-order chi connectivity index (χ1) is 10.8. The van der Waals surface area contributed by atoms with Crippen molar-refractivity contribution in [3.63, 3.8) is 0 Å². The lowest BCUT2D eigenvalue weighted by Gasteiger charge is -2.24. The number of nitrogens with zero attached hydrogens (tertiary/aromatic N) is 2. The molecule has 1 aromatic carbocycles. The van der Waals surface area contributed by atoms with E-state index in [1.807, 2.05) is 0 Å². The first-order valence-electron chi connectivity index (χ1n) is 6.72. The van der Waals surface area contributed by atoms with E-state index >= 15 is 0 Å². The highest BCUT2D eigenvalue weighted by Crippen LogP contribution is 2.26. The maximum atomic E-state index is 12.5. The summed E-state index contributed by atoms with van der Waals surface area (Å²) < 4.78 is 0. The minimum Gasteiger partial charge on any atom is -0.365 e. The number of thiophene rings is 1. The Hall–Kier alpha value is -2.74. The zero-order chi connectivity index (χ0) is 17.1. The summed E-state index contributed by atoms with van der Waals surface area (Å²) in [7, 11) is 1.61. The second kappa shape index (κ2) is 6.57. The van der Waals surface area contributed by atoms with E-state index in [9.17, 15) is 19.7 Å². The fourth-order valence-electron chi connectivity index (χ4n) is 2.06. The molecule has 8 heteroatoms. The predicted octanol–water partition coefficient (Wildman–Crippen LogP) is 2.59. The van der Waals surface area contributed by atoms with Crippen LogP contribution in [0.3, 0.4) is 0 Å². The van der Waals surface area contributed by atoms with E-state index in [2.05, 4.69) is 0 Å². The Kier molecular flexibility index (Phi) is 4.75. The lowest BCUT2D eigenvalue weighted by Crippen LogP contribution is -2.29. The third kappa shape index (κ3) is 3.54. The van der Waals surface area contributed by atoms with Gasteiger partial charge in [-0.15, -0.1) is 11.3 Å². The van der Waals surface area contributed by atoms with Gasteiger partial charge in [-0.05, 0) is 24.6 Å². The summed E-state index contributed by atoms with van der Waals surface area (Å²) in [6.45, 7) is 1.78. The molecule has 0 aliphatic carbocycles. The molecule has 0 saturated heterocycles. The number of primary amides is 1. The number of nitrogens with two attached hydrogens (primary N) is 1. The molecule has 0 bridgehead atoms. The third-order valence-electron chi connectivity index (χ3n) is 3.52. The first-order valence-corrected chi connectivity index (χ1v) is 7.54. The maximum absolute atomic E-state index is 12.5. The van der Waals surface area contributed by atoms with Crippen molar-refractivity contribution in [1.29, 1.82) is 0 Å². The number of rotatable bonds is 5. The van der Waals surface area contributed by atoms with Gasteiger partial charge in [-0.2, -0.15) is 0 Å². The predicted molar refractivity (Wildman–Crippen MR) is 86.4 cm³/mol. The molecular weight excluding hydrogens is 318 g/mol. The van der Waals surface area contributed by atoms with Gasteiger partial charge in [-0.25, -0.2) is 0 Å². The number of hydrogen-bond acceptors (Lipinski definition) is 5. The van der Waals surface area contributed by atoms with Gasteiger partial charge >= 0.3 is 0 Å². The Morgan fingerprint density at radius 2 is 1.91 bits per heavy atom. The van der Waals surface area contributed by atoms with E-state index in [-0.39, 0.29) is 17.6 Å². The summed E-state index contributed by atoms with van der Waals surface area (Å²) in [5, 5.41) is 10.9. The highest BCUT2D eigenvalue weighted by molar-refractivity contribution is 7.15. The molecule has 2 rings (SSSR count). The van der Waals surface area contributed by atoms with Crippen LogP contribution in [0.15, 0.2) is 36.4 Å². The van der Waals surface area contributed by atoms with Gasteiger partial charge in [-0.3, -0.25) is 19.7 Å². The number of non-ortho nitro benzene ring substituents is 1. The fourth-order valence-corrected chi connectivity index (χ4v) is 2.90. The molecule has 1 aromatic heterocycles. The van der Waals surface area contributed by atoms with Crippen molar-refractivity contribution in [2.24, 2.45) is 5.73 Å². The number of nitro groups is 1. The second-order valence-electron chi connectivity index (χ2n) is 4.97. The van der Waals surface area contributed by atoms with Crippen molar-refractivity contribution in [3.8, 4) is 0 Å². The Bertz CT molecular complexity index is 772. The summed E-state index contributed by atoms with van der Waals surface area (Å²) in [5.41, 5.74) is 5.81. The van der Waals surface area contributed by atoms with Crippen molar-refractivity contribution in [3.05, 3.63) is 61.8 Å². The summed E-state index contributed by atoms with van der Waals surface area (Å²) >= 11 is 1.02. The molecule has 0 radical (unpaired) electrons. The van der Waals surface area contributed by atoms with E-state index in [1.54, 1.807) is 32.2 Å². The number of hydrogen-bond donors (Lipinski definition) is 1. The van der Waals surface area contributed by atoms with Crippen LogP contribution < -0.4 is 5.73 Å². The van der Waals surface area contributed by atoms with Crippen LogP contribution in [0.2, 0.25) is 0 Å². The van der Waals surface area contributed by atoms with Crippen molar-refractivity contribution >= 4 is 28.8 Å². The molecule has 0 spiro atoms. The normalized spacial score (nSPS) is 11.7. The first kappa shape index (κ1) is 16.6. The molecule has 1 atom stereocenters. The van der Waals surface area contributed by atoms with E-state index < -0.39 is 10.8 Å². The summed E-state index contributed by atoms with van der Waals surface area (Å²) in [5.74, 6) is -0.857. The van der Waals surface area contributed by atoms with Crippen LogP contribution in [0.25, 0.3) is 0 Å². The van der Waals surface area contributed by atoms with Crippen LogP contribution in [0.5, 0.6) is 0 Å². The van der Waals surface area contributed by atoms with Crippen molar-refractivity contribution in [1.82, 2.24) is 4.90 Å². The number of amides is 2. The van der Waals surface area contributed by atoms with Gasteiger partial charge in [0.2, 0.25) is 0 Å². The molecule has 23 heavy (non-hydrogen) atoms. The van der Waals surface area contributed by atoms with E-state index in [4.69, 9.17) is 5.73 Å². The molecule has 0 saturated carbocycles. The molecule has 2 N–H and O–H groups in total. The lowest BCUT2D eigenvalue weighted by atomic mass is 10.1. The molecule has 0 aliphatic heterocycles. The monoisotopic (exact) mass is 333 g/mol. The average molecular weight is 333 g/mol. The molecule has 2 aromatic rings. The van der Waals surface area contributed by atoms with Gasteiger partial charge < -0.3 is 10.6 Å². The second-order valence-corrected chi connectivity index (χ2v) is 6.06. The zero-order valence-electron chi connectivity index (χ0n) is 12.6. The molecule has 0 fully saturated rings. The minimum absolute atomic E-state index is 0.0256. The fraction of sp³-hybridized carbons (Fsp3) is 0.200. The van der Waals surface area contributed by atoms with Crippen LogP contribution in [0.1, 0.15) is 37.9 Å². The third-order valence-corrected chi connectivity index (χ3v) is 4.61. The van der Waals surface area contributed by atoms with E-state index in [0.29, 0.717) is 15.3 Å². The highest BCUT2D eigenvalue weighted by atomic mass is 32.1. The van der Waals surface area contributed by atoms with Crippen LogP contribution in [0.4, 0.5) is 5.69 Å². The van der Waals surface area contributed by atoms with Gasteiger partial charge in [-0.1, -0.05) is 12.1 Å². The smallest absolute Gasteiger partial charge is 0.269 e. The number of benzene rings is 1. The molecule has 1 heterocycles. The topological polar surface area (TPSA) is 107 Å². The maximum Gasteiger partial charge on any atom is 0.269 e. The van der Waals surface area contributed by atoms with Gasteiger partial charge in [0.15, 0.2) is 0 Å². The largest absolute Gasteiger partial charge is 0.365 e. The number of carbonyl (C=O) groups excluding carboxylic acids is 2. The average Bonchev–Trinajstić information content (AvgIpc) is 3.03. The summed E-state index contributed by atoms with van der Waals surface area (Å²) in [6.07, 6.45) is 0. The molecule has 7 nitrogen and oxygen atoms in total. The zero-order valence-corrected chi connectivity index (χ0v) is 13.4. The van der Waals surface area contributed by atoms with E-state index in [0.717, 1.165) is 11.3 Å². The molecular formula is C15H15N3O4S. The Labute approximate surface area is 136 Å². The van der Waals surface area contributed by atoms with Gasteiger partial charge in [0.05, 0.1) is 20.7 Å². The highest BCUT2D eigenvalue weighted by Gasteiger charge is 2.22.